The molecule has 0 radical (unpaired) electrons. The van der Waals surface area contributed by atoms with Crippen LogP contribution in [0.5, 0.6) is 0 Å². The lowest BCUT2D eigenvalue weighted by Crippen LogP contribution is -2.29. The van der Waals surface area contributed by atoms with Gasteiger partial charge in [-0.3, -0.25) is 4.79 Å². The Bertz CT molecular complexity index is 608. The zero-order valence-corrected chi connectivity index (χ0v) is 17.2. The van der Waals surface area contributed by atoms with Gasteiger partial charge in [0, 0.05) is 12.5 Å². The first kappa shape index (κ1) is 23.2. The van der Waals surface area contributed by atoms with Crippen LogP contribution in [-0.2, 0) is 14.3 Å². The molecule has 1 aliphatic carbocycles. The molecule has 1 rings (SSSR count). The van der Waals surface area contributed by atoms with Gasteiger partial charge in [-0.2, -0.15) is 0 Å². The van der Waals surface area contributed by atoms with Crippen LogP contribution in [0, 0.1) is 11.8 Å². The van der Waals surface area contributed by atoms with Crippen molar-refractivity contribution in [1.29, 1.82) is 0 Å². The third kappa shape index (κ3) is 9.05. The predicted octanol–water partition coefficient (Wildman–Crippen LogP) is 4.42. The van der Waals surface area contributed by atoms with Gasteiger partial charge in [-0.15, -0.1) is 0 Å². The Morgan fingerprint density at radius 2 is 2.00 bits per heavy atom. The number of rotatable bonds is 9. The van der Waals surface area contributed by atoms with E-state index in [0.717, 1.165) is 12.0 Å². The van der Waals surface area contributed by atoms with Crippen molar-refractivity contribution in [2.45, 2.75) is 78.4 Å². The monoisotopic (exact) mass is 378 g/mol. The summed E-state index contributed by atoms with van der Waals surface area (Å²) in [7, 11) is 0. The van der Waals surface area contributed by atoms with E-state index in [9.17, 15) is 19.8 Å². The average Bonchev–Trinajstić information content (AvgIpc) is 2.52. The molecule has 0 aromatic heterocycles. The number of aliphatic hydroxyl groups is 1. The van der Waals surface area contributed by atoms with Crippen LogP contribution in [0.1, 0.15) is 66.7 Å². The lowest BCUT2D eigenvalue weighted by molar-refractivity contribution is -0.145. The van der Waals surface area contributed by atoms with E-state index in [4.69, 9.17) is 4.74 Å². The molecule has 4 atom stereocenters. The van der Waals surface area contributed by atoms with E-state index in [1.807, 2.05) is 32.1 Å². The lowest BCUT2D eigenvalue weighted by atomic mass is 9.78. The molecule has 0 aromatic carbocycles. The maximum absolute atomic E-state index is 11.6. The van der Waals surface area contributed by atoms with Crippen molar-refractivity contribution < 1.29 is 24.5 Å². The van der Waals surface area contributed by atoms with Crippen LogP contribution >= 0.6 is 0 Å². The highest BCUT2D eigenvalue weighted by atomic mass is 16.5. The summed E-state index contributed by atoms with van der Waals surface area (Å²) in [6.45, 7) is 9.15. The van der Waals surface area contributed by atoms with E-state index >= 15 is 0 Å². The Labute approximate surface area is 162 Å². The number of carboxylic acids is 1. The summed E-state index contributed by atoms with van der Waals surface area (Å²) in [6.07, 6.45) is 10.0. The number of hydrogen-bond donors (Lipinski definition) is 2. The van der Waals surface area contributed by atoms with Crippen molar-refractivity contribution in [1.82, 2.24) is 0 Å². The molecule has 0 amide bonds. The first-order valence-corrected chi connectivity index (χ1v) is 9.66. The summed E-state index contributed by atoms with van der Waals surface area (Å²) in [4.78, 5) is 23.1. The molecule has 4 unspecified atom stereocenters. The van der Waals surface area contributed by atoms with Gasteiger partial charge < -0.3 is 14.9 Å². The number of carbonyl (C=O) groups is 2. The molecule has 2 N–H and O–H groups in total. The molecule has 27 heavy (non-hydrogen) atoms. The van der Waals surface area contributed by atoms with Gasteiger partial charge >= 0.3 is 11.9 Å². The minimum absolute atomic E-state index is 0.200. The number of esters is 1. The van der Waals surface area contributed by atoms with Crippen LogP contribution in [0.15, 0.2) is 35.5 Å². The predicted molar refractivity (Wildman–Crippen MR) is 106 cm³/mol. The van der Waals surface area contributed by atoms with Crippen LogP contribution in [0.25, 0.3) is 0 Å². The largest absolute Gasteiger partial charge is 0.478 e. The Balaban J connectivity index is 2.87. The van der Waals surface area contributed by atoms with Gasteiger partial charge in [0.1, 0.15) is 6.10 Å². The Morgan fingerprint density at radius 3 is 2.48 bits per heavy atom. The number of ether oxygens (including phenoxy) is 1. The fraction of sp³-hybridized carbons (Fsp3) is 0.636. The molecular weight excluding hydrogens is 344 g/mol. The van der Waals surface area contributed by atoms with Crippen LogP contribution in [0.2, 0.25) is 0 Å². The normalized spacial score (nSPS) is 24.8. The van der Waals surface area contributed by atoms with E-state index in [0.29, 0.717) is 25.7 Å². The van der Waals surface area contributed by atoms with Crippen molar-refractivity contribution in [2.24, 2.45) is 11.8 Å². The molecule has 0 bridgehead atoms. The van der Waals surface area contributed by atoms with Crippen molar-refractivity contribution in [3.05, 3.63) is 35.5 Å². The minimum Gasteiger partial charge on any atom is -0.478 e. The second kappa shape index (κ2) is 10.5. The smallest absolute Gasteiger partial charge is 0.331 e. The van der Waals surface area contributed by atoms with Gasteiger partial charge in [-0.1, -0.05) is 30.7 Å². The second-order valence-electron chi connectivity index (χ2n) is 8.10. The summed E-state index contributed by atoms with van der Waals surface area (Å²) in [5.74, 6) is -0.920. The van der Waals surface area contributed by atoms with Crippen molar-refractivity contribution in [3.63, 3.8) is 0 Å². The van der Waals surface area contributed by atoms with Crippen LogP contribution < -0.4 is 0 Å². The van der Waals surface area contributed by atoms with Gasteiger partial charge in [0.2, 0.25) is 0 Å². The average molecular weight is 379 g/mol. The Hall–Kier alpha value is -1.88. The molecule has 5 heteroatoms. The number of allylic oxidation sites excluding steroid dienone is 3. The van der Waals surface area contributed by atoms with Gasteiger partial charge in [0.05, 0.1) is 5.60 Å². The number of carbonyl (C=O) groups excluding carboxylic acids is 1. The Kier molecular flexibility index (Phi) is 8.97. The van der Waals surface area contributed by atoms with Crippen LogP contribution in [0.3, 0.4) is 0 Å². The topological polar surface area (TPSA) is 83.8 Å². The van der Waals surface area contributed by atoms with Crippen LogP contribution in [0.4, 0.5) is 0 Å². The molecule has 0 aliphatic heterocycles. The van der Waals surface area contributed by atoms with E-state index in [1.54, 1.807) is 13.0 Å². The second-order valence-corrected chi connectivity index (χ2v) is 8.10. The summed E-state index contributed by atoms with van der Waals surface area (Å²) in [6, 6.07) is 0. The number of carboxylic acid groups (broad SMARTS) is 1. The molecule has 0 spiro atoms. The zero-order chi connectivity index (χ0) is 20.6. The summed E-state index contributed by atoms with van der Waals surface area (Å²) >= 11 is 0. The van der Waals surface area contributed by atoms with Gasteiger partial charge in [-0.05, 0) is 70.8 Å². The fourth-order valence-corrected chi connectivity index (χ4v) is 3.35. The maximum atomic E-state index is 11.6. The Morgan fingerprint density at radius 1 is 1.33 bits per heavy atom. The molecule has 0 saturated heterocycles. The van der Waals surface area contributed by atoms with Crippen molar-refractivity contribution in [3.8, 4) is 0 Å². The zero-order valence-electron chi connectivity index (χ0n) is 17.2. The van der Waals surface area contributed by atoms with E-state index in [-0.39, 0.29) is 17.4 Å². The van der Waals surface area contributed by atoms with E-state index in [1.165, 1.54) is 6.92 Å². The summed E-state index contributed by atoms with van der Waals surface area (Å²) < 4.78 is 5.39. The lowest BCUT2D eigenvalue weighted by Gasteiger charge is -2.31. The first-order chi connectivity index (χ1) is 12.5. The quantitative estimate of drug-likeness (QED) is 0.352. The molecule has 152 valence electrons. The fourth-order valence-electron chi connectivity index (χ4n) is 3.35. The van der Waals surface area contributed by atoms with Gasteiger partial charge in [0.15, 0.2) is 0 Å². The first-order valence-electron chi connectivity index (χ1n) is 9.66. The van der Waals surface area contributed by atoms with Gasteiger partial charge in [0.25, 0.3) is 0 Å². The third-order valence-electron chi connectivity index (χ3n) is 4.97. The highest BCUT2D eigenvalue weighted by molar-refractivity contribution is 5.86. The summed E-state index contributed by atoms with van der Waals surface area (Å²) in [5.41, 5.74) is 0.658. The third-order valence-corrected chi connectivity index (χ3v) is 4.97. The van der Waals surface area contributed by atoms with Crippen molar-refractivity contribution >= 4 is 11.9 Å². The highest BCUT2D eigenvalue weighted by Gasteiger charge is 2.28. The van der Waals surface area contributed by atoms with Gasteiger partial charge in [-0.25, -0.2) is 4.79 Å². The van der Waals surface area contributed by atoms with Crippen molar-refractivity contribution in [2.75, 3.05) is 0 Å². The SMILES string of the molecule is CC(=O)OC(C=C(CCC=C(C)C)C(=O)O)CC(C)C1C=CC(C)(O)CC1. The standard InChI is InChI=1S/C22H34O5/c1-15(2)7-6-8-19(21(24)25)14-20(27-17(4)23)13-16(3)18-9-11-22(5,26)12-10-18/h7,9,11,14,16,18,20,26H,6,8,10,12-13H2,1-5H3,(H,24,25). The van der Waals surface area contributed by atoms with E-state index in [2.05, 4.69) is 6.92 Å². The molecule has 1 aliphatic rings. The molecule has 0 saturated carbocycles. The molecule has 0 fully saturated rings. The molecular formula is C22H34O5. The molecule has 0 aromatic rings. The summed E-state index contributed by atoms with van der Waals surface area (Å²) in [5, 5.41) is 19.5. The molecule has 5 nitrogen and oxygen atoms in total. The highest BCUT2D eigenvalue weighted by Crippen LogP contribution is 2.32. The minimum atomic E-state index is -0.976. The number of hydrogen-bond acceptors (Lipinski definition) is 4. The molecule has 0 heterocycles. The van der Waals surface area contributed by atoms with Crippen LogP contribution in [-0.4, -0.2) is 33.9 Å². The van der Waals surface area contributed by atoms with E-state index < -0.39 is 23.6 Å². The maximum Gasteiger partial charge on any atom is 0.331 e. The number of aliphatic carboxylic acids is 1.